The lowest BCUT2D eigenvalue weighted by molar-refractivity contribution is -0.113. The van der Waals surface area contributed by atoms with Crippen LogP contribution in [0.15, 0.2) is 48.8 Å². The van der Waals surface area contributed by atoms with Crippen LogP contribution >= 0.6 is 12.6 Å². The smallest absolute Gasteiger partial charge is 0.244 e. The quantitative estimate of drug-likeness (QED) is 0.569. The Morgan fingerprint density at radius 3 is 2.83 bits per heavy atom. The molecule has 3 aromatic rings. The molecule has 2 N–H and O–H groups in total. The molecule has 23 heavy (non-hydrogen) atoms. The number of hydrogen-bond donors (Lipinski definition) is 2. The lowest BCUT2D eigenvalue weighted by Gasteiger charge is -2.05. The Labute approximate surface area is 138 Å². The molecule has 2 aromatic heterocycles. The summed E-state index contributed by atoms with van der Waals surface area (Å²) in [6.45, 7) is 0. The number of rotatable bonds is 4. The molecule has 0 aliphatic rings. The molecule has 0 radical (unpaired) electrons. The van der Waals surface area contributed by atoms with Crippen molar-refractivity contribution in [3.8, 4) is 17.0 Å². The number of pyridine rings is 1. The summed E-state index contributed by atoms with van der Waals surface area (Å²) in [6.07, 6.45) is 4.63. The highest BCUT2D eigenvalue weighted by Crippen LogP contribution is 2.27. The Morgan fingerprint density at radius 1 is 1.30 bits per heavy atom. The van der Waals surface area contributed by atoms with Crippen LogP contribution in [0.3, 0.4) is 0 Å². The first-order valence-electron chi connectivity index (χ1n) is 6.77. The molecular formula is C16H14N4O2S. The van der Waals surface area contributed by atoms with Crippen molar-refractivity contribution in [3.05, 3.63) is 48.8 Å². The summed E-state index contributed by atoms with van der Waals surface area (Å²) in [5.74, 6) is -0.0144. The number of hydrogen-bond acceptors (Lipinski definition) is 5. The second-order valence-electron chi connectivity index (χ2n) is 4.82. The van der Waals surface area contributed by atoms with E-state index in [9.17, 15) is 4.79 Å². The zero-order chi connectivity index (χ0) is 16.4. The van der Waals surface area contributed by atoms with Crippen molar-refractivity contribution in [1.29, 1.82) is 0 Å². The monoisotopic (exact) mass is 326 g/mol. The molecule has 0 aliphatic carbocycles. The van der Waals surface area contributed by atoms with Gasteiger partial charge in [-0.25, -0.2) is 9.67 Å². The number of benzene rings is 1. The molecule has 0 saturated carbocycles. The third-order valence-corrected chi connectivity index (χ3v) is 3.65. The Bertz CT molecular complexity index is 917. The highest BCUT2D eigenvalue weighted by Gasteiger charge is 2.08. The largest absolute Gasteiger partial charge is 0.481 e. The van der Waals surface area contributed by atoms with Crippen molar-refractivity contribution >= 4 is 34.5 Å². The molecule has 0 unspecified atom stereocenters. The number of ether oxygens (including phenoxy) is 1. The third kappa shape index (κ3) is 3.04. The summed E-state index contributed by atoms with van der Waals surface area (Å²) in [6, 6.07) is 9.64. The molecule has 0 atom stereocenters. The predicted molar refractivity (Wildman–Crippen MR) is 92.0 cm³/mol. The van der Waals surface area contributed by atoms with E-state index in [0.717, 1.165) is 22.0 Å². The van der Waals surface area contributed by atoms with Crippen molar-refractivity contribution in [3.63, 3.8) is 0 Å². The predicted octanol–water partition coefficient (Wildman–Crippen LogP) is 2.32. The van der Waals surface area contributed by atoms with E-state index in [1.165, 1.54) is 6.08 Å². The van der Waals surface area contributed by atoms with E-state index in [0.29, 0.717) is 10.9 Å². The fourth-order valence-electron chi connectivity index (χ4n) is 2.28. The third-order valence-electron chi connectivity index (χ3n) is 3.33. The molecule has 0 fully saturated rings. The van der Waals surface area contributed by atoms with E-state index < -0.39 is 5.91 Å². The van der Waals surface area contributed by atoms with E-state index >= 15 is 0 Å². The molecule has 0 saturated heterocycles. The second kappa shape index (κ2) is 6.13. The molecule has 0 aliphatic heterocycles. The molecular weight excluding hydrogens is 312 g/mol. The van der Waals surface area contributed by atoms with Crippen LogP contribution in [0.1, 0.15) is 0 Å². The fraction of sp³-hybridized carbons (Fsp3) is 0.0625. The molecule has 2 heterocycles. The Morgan fingerprint density at radius 2 is 2.09 bits per heavy atom. The zero-order valence-corrected chi connectivity index (χ0v) is 13.2. The number of primary amides is 1. The van der Waals surface area contributed by atoms with Crippen LogP contribution in [0.4, 0.5) is 0 Å². The van der Waals surface area contributed by atoms with Gasteiger partial charge in [-0.3, -0.25) is 4.79 Å². The Kier molecular flexibility index (Phi) is 4.03. The minimum absolute atomic E-state index is 0.367. The topological polar surface area (TPSA) is 83.0 Å². The van der Waals surface area contributed by atoms with Crippen LogP contribution in [0.2, 0.25) is 0 Å². The van der Waals surface area contributed by atoms with Crippen molar-refractivity contribution in [1.82, 2.24) is 14.8 Å². The number of nitrogens with two attached hydrogens (primary N) is 1. The van der Waals surface area contributed by atoms with Crippen LogP contribution in [-0.2, 0) is 4.79 Å². The number of fused-ring (bicyclic) bond motifs is 1. The van der Waals surface area contributed by atoms with Gasteiger partial charge in [-0.2, -0.15) is 5.10 Å². The fourth-order valence-corrected chi connectivity index (χ4v) is 2.57. The maximum Gasteiger partial charge on any atom is 0.244 e. The van der Waals surface area contributed by atoms with Crippen molar-refractivity contribution in [2.75, 3.05) is 7.11 Å². The van der Waals surface area contributed by atoms with Crippen molar-refractivity contribution in [2.45, 2.75) is 0 Å². The van der Waals surface area contributed by atoms with Crippen LogP contribution in [0.5, 0.6) is 5.88 Å². The van der Waals surface area contributed by atoms with E-state index in [1.807, 2.05) is 30.3 Å². The first-order chi connectivity index (χ1) is 11.1. The first kappa shape index (κ1) is 15.1. The minimum Gasteiger partial charge on any atom is -0.481 e. The van der Waals surface area contributed by atoms with Gasteiger partial charge in [0.25, 0.3) is 0 Å². The summed E-state index contributed by atoms with van der Waals surface area (Å²) < 4.78 is 6.70. The first-order valence-corrected chi connectivity index (χ1v) is 7.22. The lowest BCUT2D eigenvalue weighted by Crippen LogP contribution is -2.08. The van der Waals surface area contributed by atoms with Gasteiger partial charge >= 0.3 is 0 Å². The number of carbonyl (C=O) groups is 1. The Balaban J connectivity index is 2.05. The van der Waals surface area contributed by atoms with Gasteiger partial charge < -0.3 is 10.5 Å². The maximum atomic E-state index is 11.0. The number of thiol groups is 1. The number of methoxy groups -OCH3 is 1. The zero-order valence-electron chi connectivity index (χ0n) is 12.3. The van der Waals surface area contributed by atoms with Gasteiger partial charge in [0.05, 0.1) is 18.8 Å². The summed E-state index contributed by atoms with van der Waals surface area (Å²) in [5, 5.41) is 5.53. The van der Waals surface area contributed by atoms with E-state index in [-0.39, 0.29) is 0 Å². The molecule has 3 rings (SSSR count). The SMILES string of the molecule is COc1cc(-c2ccc3c(cnn3/C(S)=C/C(N)=O)c2)ccn1. The average Bonchev–Trinajstić information content (AvgIpc) is 2.97. The van der Waals surface area contributed by atoms with Gasteiger partial charge in [0.1, 0.15) is 5.03 Å². The molecule has 0 bridgehead atoms. The molecule has 1 amide bonds. The summed E-state index contributed by atoms with van der Waals surface area (Å²) in [7, 11) is 1.58. The molecule has 116 valence electrons. The van der Waals surface area contributed by atoms with Crippen LogP contribution < -0.4 is 10.5 Å². The number of amides is 1. The van der Waals surface area contributed by atoms with E-state index in [4.69, 9.17) is 10.5 Å². The minimum atomic E-state index is -0.570. The highest BCUT2D eigenvalue weighted by molar-refractivity contribution is 7.90. The number of carbonyl (C=O) groups excluding carboxylic acids is 1. The maximum absolute atomic E-state index is 11.0. The normalized spacial score (nSPS) is 11.7. The van der Waals surface area contributed by atoms with Gasteiger partial charge in [-0.05, 0) is 29.3 Å². The van der Waals surface area contributed by atoms with Gasteiger partial charge in [-0.1, -0.05) is 6.07 Å². The van der Waals surface area contributed by atoms with Gasteiger partial charge in [-0.15, -0.1) is 12.6 Å². The van der Waals surface area contributed by atoms with Crippen LogP contribution in [0, 0.1) is 0 Å². The van der Waals surface area contributed by atoms with Gasteiger partial charge in [0.2, 0.25) is 11.8 Å². The molecule has 6 nitrogen and oxygen atoms in total. The van der Waals surface area contributed by atoms with Gasteiger partial charge in [0.15, 0.2) is 0 Å². The lowest BCUT2D eigenvalue weighted by atomic mass is 10.1. The summed E-state index contributed by atoms with van der Waals surface area (Å²) in [4.78, 5) is 15.1. The summed E-state index contributed by atoms with van der Waals surface area (Å²) >= 11 is 4.26. The molecule has 0 spiro atoms. The van der Waals surface area contributed by atoms with Crippen molar-refractivity contribution in [2.24, 2.45) is 5.73 Å². The molecule has 7 heteroatoms. The summed E-state index contributed by atoms with van der Waals surface area (Å²) in [5.41, 5.74) is 7.98. The highest BCUT2D eigenvalue weighted by atomic mass is 32.1. The van der Waals surface area contributed by atoms with E-state index in [2.05, 4.69) is 22.7 Å². The Hall–Kier alpha value is -2.80. The second-order valence-corrected chi connectivity index (χ2v) is 5.28. The van der Waals surface area contributed by atoms with Crippen molar-refractivity contribution < 1.29 is 9.53 Å². The standard InChI is InChI=1S/C16H14N4O2S/c1-22-15-7-11(4-5-18-15)10-2-3-13-12(6-10)9-19-20(13)16(23)8-14(17)21/h2-9,23H,1H3,(H2,17,21)/b16-8-. The van der Waals surface area contributed by atoms with Crippen LogP contribution in [0.25, 0.3) is 27.1 Å². The number of nitrogens with zero attached hydrogens (tertiary/aromatic N) is 3. The van der Waals surface area contributed by atoms with Gasteiger partial charge in [0, 0.05) is 23.7 Å². The van der Waals surface area contributed by atoms with Crippen LogP contribution in [-0.4, -0.2) is 27.8 Å². The molecule has 1 aromatic carbocycles. The average molecular weight is 326 g/mol. The number of aromatic nitrogens is 3. The van der Waals surface area contributed by atoms with E-state index in [1.54, 1.807) is 24.2 Å².